The minimum Gasteiger partial charge on any atom is -0.455 e. The Hall–Kier alpha value is -11.7. The number of hydrogen-bond acceptors (Lipinski definition) is 4. The molecular formula is C123H124N2O2. The summed E-state index contributed by atoms with van der Waals surface area (Å²) in [7, 11) is 0. The Bertz CT molecular complexity index is 6810. The molecule has 0 N–H and O–H groups in total. The van der Waals surface area contributed by atoms with E-state index in [2.05, 4.69) is 358 Å². The normalized spacial score (nSPS) is 15.0. The van der Waals surface area contributed by atoms with Crippen molar-refractivity contribution >= 4 is 78.0 Å². The zero-order valence-electron chi connectivity index (χ0n) is 76.7. The molecule has 2 heterocycles. The van der Waals surface area contributed by atoms with Gasteiger partial charge in [-0.25, -0.2) is 0 Å². The summed E-state index contributed by atoms with van der Waals surface area (Å²) < 4.78 is 14.8. The fourth-order valence-corrected chi connectivity index (χ4v) is 24.8. The van der Waals surface area contributed by atoms with E-state index in [0.717, 1.165) is 82.1 Å². The number of hydrogen-bond donors (Lipinski definition) is 0. The lowest BCUT2D eigenvalue weighted by Gasteiger charge is -2.35. The van der Waals surface area contributed by atoms with Gasteiger partial charge in [0.1, 0.15) is 22.3 Å². The van der Waals surface area contributed by atoms with Gasteiger partial charge in [0.05, 0.1) is 0 Å². The second-order valence-electron chi connectivity index (χ2n) is 39.8. The molecule has 0 radical (unpaired) electrons. The Morgan fingerprint density at radius 2 is 0.575 bits per heavy atom. The van der Waals surface area contributed by atoms with E-state index in [4.69, 9.17) is 8.83 Å². The molecule has 0 aliphatic heterocycles. The Labute approximate surface area is 754 Å². The highest BCUT2D eigenvalue weighted by Gasteiger charge is 2.51. The van der Waals surface area contributed by atoms with Gasteiger partial charge >= 0.3 is 0 Å². The van der Waals surface area contributed by atoms with Crippen molar-refractivity contribution in [1.29, 1.82) is 0 Å². The molecule has 4 nitrogen and oxygen atoms in total. The Morgan fingerprint density at radius 3 is 1.12 bits per heavy atom. The third-order valence-electron chi connectivity index (χ3n) is 31.2. The molecule has 14 aromatic carbocycles. The maximum Gasteiger partial charge on any atom is 0.144 e. The van der Waals surface area contributed by atoms with Gasteiger partial charge in [0.15, 0.2) is 0 Å². The van der Waals surface area contributed by atoms with Gasteiger partial charge in [0, 0.05) is 93.9 Å². The summed E-state index contributed by atoms with van der Waals surface area (Å²) >= 11 is 0. The third kappa shape index (κ3) is 13.5. The Kier molecular flexibility index (Phi) is 21.5. The predicted octanol–water partition coefficient (Wildman–Crippen LogP) is 36.7. The molecule has 21 rings (SSSR count). The highest BCUT2D eigenvalue weighted by molar-refractivity contribution is 6.22. The largest absolute Gasteiger partial charge is 0.455 e. The first kappa shape index (κ1) is 82.3. The molecule has 127 heavy (non-hydrogen) atoms. The lowest BCUT2D eigenvalue weighted by molar-refractivity contribution is 0.399. The molecule has 0 unspecified atom stereocenters. The molecule has 2 aromatic heterocycles. The third-order valence-corrected chi connectivity index (χ3v) is 31.2. The van der Waals surface area contributed by atoms with Crippen molar-refractivity contribution in [2.75, 3.05) is 9.80 Å². The summed E-state index contributed by atoms with van der Waals surface area (Å²) in [4.78, 5) is 5.01. The number of furan rings is 2. The molecule has 4 heteroatoms. The molecule has 5 aliphatic rings. The zero-order valence-corrected chi connectivity index (χ0v) is 76.7. The first-order valence-electron chi connectivity index (χ1n) is 48.9. The van der Waals surface area contributed by atoms with Crippen molar-refractivity contribution in [3.8, 4) is 77.9 Å². The number of fused-ring (bicyclic) bond motifs is 25. The van der Waals surface area contributed by atoms with Crippen LogP contribution in [-0.2, 0) is 27.1 Å². The maximum absolute atomic E-state index is 7.55. The molecular weight excluding hydrogens is 1540 g/mol. The topological polar surface area (TPSA) is 32.8 Å². The highest BCUT2D eigenvalue weighted by Crippen LogP contribution is 2.66. The van der Waals surface area contributed by atoms with Crippen molar-refractivity contribution in [1.82, 2.24) is 0 Å². The summed E-state index contributed by atoms with van der Waals surface area (Å²) in [5, 5.41) is 4.81. The fourth-order valence-electron chi connectivity index (χ4n) is 24.8. The molecule has 16 aromatic rings. The summed E-state index contributed by atoms with van der Waals surface area (Å²) in [5.74, 6) is 0. The van der Waals surface area contributed by atoms with Crippen LogP contribution in [0.25, 0.3) is 122 Å². The van der Waals surface area contributed by atoms with Crippen molar-refractivity contribution in [2.24, 2.45) is 0 Å². The summed E-state index contributed by atoms with van der Waals surface area (Å²) in [5.41, 5.74) is 42.0. The van der Waals surface area contributed by atoms with Crippen LogP contribution >= 0.6 is 0 Å². The van der Waals surface area contributed by atoms with Gasteiger partial charge in [-0.15, -0.1) is 0 Å². The summed E-state index contributed by atoms with van der Waals surface area (Å²) in [6.07, 6.45) is 29.5. The van der Waals surface area contributed by atoms with E-state index in [-0.39, 0.29) is 21.7 Å². The van der Waals surface area contributed by atoms with Crippen LogP contribution in [0.5, 0.6) is 0 Å². The Morgan fingerprint density at radius 1 is 0.228 bits per heavy atom. The molecule has 5 aliphatic carbocycles. The van der Waals surface area contributed by atoms with E-state index in [9.17, 15) is 0 Å². The Balaban J connectivity index is 0.722. The van der Waals surface area contributed by atoms with Crippen LogP contribution in [0.1, 0.15) is 279 Å². The van der Waals surface area contributed by atoms with Gasteiger partial charge in [-0.1, -0.05) is 368 Å². The highest BCUT2D eigenvalue weighted by atomic mass is 16.3. The van der Waals surface area contributed by atoms with Crippen molar-refractivity contribution in [3.63, 3.8) is 0 Å². The molecule has 0 bridgehead atoms. The lowest BCUT2D eigenvalue weighted by atomic mass is 9.70. The lowest BCUT2D eigenvalue weighted by Crippen LogP contribution is -2.26. The van der Waals surface area contributed by atoms with Crippen LogP contribution in [0.2, 0.25) is 0 Å². The van der Waals surface area contributed by atoms with Gasteiger partial charge < -0.3 is 18.6 Å². The molecule has 0 fully saturated rings. The van der Waals surface area contributed by atoms with Crippen LogP contribution in [0, 0.1) is 0 Å². The van der Waals surface area contributed by atoms with E-state index in [1.165, 1.54) is 272 Å². The van der Waals surface area contributed by atoms with Crippen molar-refractivity contribution in [3.05, 3.63) is 335 Å². The molecule has 0 atom stereocenters. The molecule has 0 spiro atoms. The minimum absolute atomic E-state index is 0.0153. The maximum atomic E-state index is 7.55. The predicted molar refractivity (Wildman–Crippen MR) is 540 cm³/mol. The van der Waals surface area contributed by atoms with Crippen molar-refractivity contribution < 1.29 is 8.83 Å². The van der Waals surface area contributed by atoms with Gasteiger partial charge in [-0.2, -0.15) is 0 Å². The smallest absolute Gasteiger partial charge is 0.144 e. The monoisotopic (exact) mass is 1660 g/mol. The van der Waals surface area contributed by atoms with Gasteiger partial charge in [0.25, 0.3) is 0 Å². The first-order valence-corrected chi connectivity index (χ1v) is 48.9. The molecule has 0 saturated heterocycles. The second-order valence-corrected chi connectivity index (χ2v) is 39.8. The number of rotatable bonds is 32. The zero-order chi connectivity index (χ0) is 86.5. The van der Waals surface area contributed by atoms with E-state index in [1.54, 1.807) is 11.1 Å². The summed E-state index contributed by atoms with van der Waals surface area (Å²) in [6.45, 7) is 24.3. The number of anilines is 6. The van der Waals surface area contributed by atoms with Gasteiger partial charge in [-0.3, -0.25) is 0 Å². The quantitative estimate of drug-likeness (QED) is 0.0394. The van der Waals surface area contributed by atoms with Crippen LogP contribution in [0.3, 0.4) is 0 Å². The van der Waals surface area contributed by atoms with Crippen LogP contribution in [0.15, 0.2) is 288 Å². The first-order chi connectivity index (χ1) is 62.1. The molecule has 0 amide bonds. The van der Waals surface area contributed by atoms with Crippen LogP contribution in [-0.4, -0.2) is 0 Å². The number of nitrogens with zero attached hydrogens (tertiary/aromatic N) is 2. The van der Waals surface area contributed by atoms with Crippen LogP contribution < -0.4 is 9.80 Å². The number of unbranched alkanes of at least 4 members (excludes halogenated alkanes) is 16. The SMILES string of the molecule is CCCCCCCC1(CCCCCCC)c2ccccc2-c2ccc(-c3ccc4c(c3)C(C)(C)c3cc(-c5cc6c(c7c5oc5ccccc57)-c5ccc(N(c7ccc(N(c8ccccc8)c8ccccc8)cc7)c7ccc8c(c7)C(C)(C)c7c9c(c%10oc%11ccccc%11c%10c7-8)-c7ccccc7C9(C)C)cc5C6(CCCCCCC)CCCCCCC)ccc3-4)cc21. The standard InChI is InChI=1S/C123H124N2O2/c1-11-15-19-23-41-71-122(72-42-24-20-16-12-2)101-54-38-33-49-90(101)93-67-58-82(76-105(93)122)81-57-66-91-92-68-59-83(77-103(92)119(5,6)102(91)75-81)99-80-107-110(112-97-51-35-39-55-108(97)126-117(99)112)96-70-65-89(79-106(96)123(107,73-43-25-21-17-13-3)74-44-26-22-18-14-4)125(87-62-60-86(61-63-87)124(84-45-29-27-30-46-84)85-47-31-28-32-48-85)88-64-69-95-104(78-88)121(9,10)115-111(95)113-98-52-36-40-56-109(98)127-118(113)114-94-50-34-37-53-100(94)120(7,8)116(114)115/h27-40,45-70,75-80H,11-26,41-44,71-74H2,1-10H3. The van der Waals surface area contributed by atoms with Crippen LogP contribution in [0.4, 0.5) is 34.1 Å². The van der Waals surface area contributed by atoms with Crippen molar-refractivity contribution in [2.45, 2.75) is 250 Å². The second kappa shape index (κ2) is 33.2. The molecule has 638 valence electrons. The molecule has 0 saturated carbocycles. The van der Waals surface area contributed by atoms with E-state index in [1.807, 2.05) is 0 Å². The number of benzene rings is 14. The number of para-hydroxylation sites is 4. The fraction of sp³-hybridized carbons (Fsp3) is 0.317. The van der Waals surface area contributed by atoms with Gasteiger partial charge in [0.2, 0.25) is 0 Å². The summed E-state index contributed by atoms with van der Waals surface area (Å²) in [6, 6.07) is 108. The van der Waals surface area contributed by atoms with Gasteiger partial charge in [-0.05, 0) is 257 Å². The minimum atomic E-state index is -0.410. The average molecular weight is 1660 g/mol. The van der Waals surface area contributed by atoms with E-state index >= 15 is 0 Å². The van der Waals surface area contributed by atoms with E-state index in [0.29, 0.717) is 0 Å². The van der Waals surface area contributed by atoms with E-state index < -0.39 is 5.41 Å². The average Bonchev–Trinajstić information content (AvgIpc) is 1.50.